The fraction of sp³-hybridized carbons (Fsp3) is 0.533. The second-order valence-corrected chi connectivity index (χ2v) is 4.89. The van der Waals surface area contributed by atoms with E-state index in [4.69, 9.17) is 0 Å². The second-order valence-electron chi connectivity index (χ2n) is 4.89. The standard InChI is InChI=1S/C15H21NO3/c1-2-6-15(12-17)14(11-16(18)19)10-9-13-7-4-3-5-8-13/h3-5,7-8,12,14-15H,2,6,9-11H2,1H3/t14-,15-/m0/s1. The van der Waals surface area contributed by atoms with E-state index in [0.29, 0.717) is 6.42 Å². The molecule has 0 saturated carbocycles. The highest BCUT2D eigenvalue weighted by atomic mass is 16.6. The largest absolute Gasteiger partial charge is 0.303 e. The van der Waals surface area contributed by atoms with E-state index in [0.717, 1.165) is 31.1 Å². The average Bonchev–Trinajstić information content (AvgIpc) is 2.42. The van der Waals surface area contributed by atoms with Crippen LogP contribution >= 0.6 is 0 Å². The van der Waals surface area contributed by atoms with Gasteiger partial charge in [0.2, 0.25) is 6.54 Å². The Kier molecular flexibility index (Phi) is 6.79. The van der Waals surface area contributed by atoms with Crippen molar-refractivity contribution in [2.45, 2.75) is 32.6 Å². The highest BCUT2D eigenvalue weighted by Crippen LogP contribution is 2.22. The number of hydrogen-bond acceptors (Lipinski definition) is 3. The zero-order valence-corrected chi connectivity index (χ0v) is 11.3. The molecule has 104 valence electrons. The molecule has 0 unspecified atom stereocenters. The van der Waals surface area contributed by atoms with Crippen LogP contribution in [0.4, 0.5) is 0 Å². The Morgan fingerprint density at radius 3 is 2.47 bits per heavy atom. The minimum atomic E-state index is -0.304. The molecule has 0 spiro atoms. The lowest BCUT2D eigenvalue weighted by atomic mass is 9.85. The summed E-state index contributed by atoms with van der Waals surface area (Å²) in [6, 6.07) is 9.89. The number of carbonyl (C=O) groups excluding carboxylic acids is 1. The third kappa shape index (κ3) is 5.64. The van der Waals surface area contributed by atoms with Gasteiger partial charge < -0.3 is 4.79 Å². The SMILES string of the molecule is CCC[C@@H](C=O)[C@@H](CCc1ccccc1)C[N+](=O)[O-]. The number of benzene rings is 1. The quantitative estimate of drug-likeness (QED) is 0.390. The molecule has 0 saturated heterocycles. The summed E-state index contributed by atoms with van der Waals surface area (Å²) in [5.41, 5.74) is 1.16. The van der Waals surface area contributed by atoms with Crippen LogP contribution in [0, 0.1) is 22.0 Å². The summed E-state index contributed by atoms with van der Waals surface area (Å²) in [6.07, 6.45) is 3.98. The number of hydrogen-bond donors (Lipinski definition) is 0. The van der Waals surface area contributed by atoms with E-state index in [2.05, 4.69) is 0 Å². The van der Waals surface area contributed by atoms with Gasteiger partial charge >= 0.3 is 0 Å². The maximum Gasteiger partial charge on any atom is 0.207 e. The fourth-order valence-corrected chi connectivity index (χ4v) is 2.38. The van der Waals surface area contributed by atoms with E-state index in [1.807, 2.05) is 37.3 Å². The average molecular weight is 263 g/mol. The predicted molar refractivity (Wildman–Crippen MR) is 74.6 cm³/mol. The van der Waals surface area contributed by atoms with Crippen molar-refractivity contribution in [2.75, 3.05) is 6.54 Å². The van der Waals surface area contributed by atoms with Crippen molar-refractivity contribution in [2.24, 2.45) is 11.8 Å². The highest BCUT2D eigenvalue weighted by Gasteiger charge is 2.24. The Hall–Kier alpha value is -1.71. The molecule has 19 heavy (non-hydrogen) atoms. The lowest BCUT2D eigenvalue weighted by Gasteiger charge is -2.18. The van der Waals surface area contributed by atoms with Gasteiger partial charge in [-0.3, -0.25) is 10.1 Å². The maximum absolute atomic E-state index is 11.1. The Labute approximate surface area is 114 Å². The van der Waals surface area contributed by atoms with Crippen molar-refractivity contribution >= 4 is 6.29 Å². The van der Waals surface area contributed by atoms with Crippen LogP contribution in [0.3, 0.4) is 0 Å². The van der Waals surface area contributed by atoms with Gasteiger partial charge in [0, 0.05) is 16.8 Å². The number of aldehydes is 1. The van der Waals surface area contributed by atoms with Crippen molar-refractivity contribution in [1.82, 2.24) is 0 Å². The first kappa shape index (κ1) is 15.3. The Balaban J connectivity index is 2.63. The number of aryl methyl sites for hydroxylation is 1. The molecule has 0 aliphatic rings. The van der Waals surface area contributed by atoms with Gasteiger partial charge in [-0.2, -0.15) is 0 Å². The van der Waals surface area contributed by atoms with Gasteiger partial charge in [-0.15, -0.1) is 0 Å². The van der Waals surface area contributed by atoms with Crippen LogP contribution in [0.5, 0.6) is 0 Å². The molecule has 0 amide bonds. The van der Waals surface area contributed by atoms with Gasteiger partial charge in [0.25, 0.3) is 0 Å². The lowest BCUT2D eigenvalue weighted by molar-refractivity contribution is -0.489. The molecule has 0 aliphatic heterocycles. The van der Waals surface area contributed by atoms with Gasteiger partial charge in [0.15, 0.2) is 0 Å². The minimum absolute atomic E-state index is 0.115. The van der Waals surface area contributed by atoms with E-state index in [9.17, 15) is 14.9 Å². The molecule has 0 aliphatic carbocycles. The molecule has 0 heterocycles. The Morgan fingerprint density at radius 1 is 1.26 bits per heavy atom. The van der Waals surface area contributed by atoms with Gasteiger partial charge in [-0.1, -0.05) is 43.7 Å². The van der Waals surface area contributed by atoms with Gasteiger partial charge in [0.1, 0.15) is 6.29 Å². The first-order valence-corrected chi connectivity index (χ1v) is 6.78. The summed E-state index contributed by atoms with van der Waals surface area (Å²) in [5, 5.41) is 10.7. The molecular formula is C15H21NO3. The number of nitro groups is 1. The van der Waals surface area contributed by atoms with E-state index in [-0.39, 0.29) is 23.3 Å². The second kappa shape index (κ2) is 8.40. The minimum Gasteiger partial charge on any atom is -0.303 e. The van der Waals surface area contributed by atoms with Crippen LogP contribution in [0.1, 0.15) is 31.7 Å². The molecule has 1 aromatic carbocycles. The summed E-state index contributed by atoms with van der Waals surface area (Å²) in [7, 11) is 0. The van der Waals surface area contributed by atoms with Crippen molar-refractivity contribution in [3.05, 3.63) is 46.0 Å². The predicted octanol–water partition coefficient (Wildman–Crippen LogP) is 3.13. The smallest absolute Gasteiger partial charge is 0.207 e. The molecule has 2 atom stereocenters. The monoisotopic (exact) mass is 263 g/mol. The molecule has 0 aromatic heterocycles. The van der Waals surface area contributed by atoms with Crippen molar-refractivity contribution in [3.63, 3.8) is 0 Å². The summed E-state index contributed by atoms with van der Waals surface area (Å²) in [4.78, 5) is 21.5. The maximum atomic E-state index is 11.1. The zero-order chi connectivity index (χ0) is 14.1. The van der Waals surface area contributed by atoms with Crippen LogP contribution in [-0.4, -0.2) is 17.8 Å². The molecule has 0 N–H and O–H groups in total. The summed E-state index contributed by atoms with van der Waals surface area (Å²) in [6.45, 7) is 1.88. The van der Waals surface area contributed by atoms with Crippen LogP contribution in [0.25, 0.3) is 0 Å². The highest BCUT2D eigenvalue weighted by molar-refractivity contribution is 5.54. The molecule has 4 nitrogen and oxygen atoms in total. The van der Waals surface area contributed by atoms with Crippen LogP contribution in [0.2, 0.25) is 0 Å². The first-order valence-electron chi connectivity index (χ1n) is 6.78. The van der Waals surface area contributed by atoms with Crippen molar-refractivity contribution in [3.8, 4) is 0 Å². The van der Waals surface area contributed by atoms with Crippen LogP contribution in [-0.2, 0) is 11.2 Å². The van der Waals surface area contributed by atoms with E-state index >= 15 is 0 Å². The topological polar surface area (TPSA) is 60.2 Å². The summed E-state index contributed by atoms with van der Waals surface area (Å²) in [5.74, 6) is -0.355. The van der Waals surface area contributed by atoms with Crippen LogP contribution < -0.4 is 0 Å². The number of nitrogens with zero attached hydrogens (tertiary/aromatic N) is 1. The summed E-state index contributed by atoms with van der Waals surface area (Å²) >= 11 is 0. The van der Waals surface area contributed by atoms with Crippen LogP contribution in [0.15, 0.2) is 30.3 Å². The van der Waals surface area contributed by atoms with E-state index < -0.39 is 0 Å². The molecular weight excluding hydrogens is 242 g/mol. The first-order chi connectivity index (χ1) is 9.17. The Bertz CT molecular complexity index is 392. The third-order valence-electron chi connectivity index (χ3n) is 3.43. The molecule has 0 fully saturated rings. The number of carbonyl (C=O) groups is 1. The molecule has 1 rings (SSSR count). The van der Waals surface area contributed by atoms with Crippen molar-refractivity contribution in [1.29, 1.82) is 0 Å². The molecule has 0 radical (unpaired) electrons. The van der Waals surface area contributed by atoms with Crippen molar-refractivity contribution < 1.29 is 9.72 Å². The van der Waals surface area contributed by atoms with Gasteiger partial charge in [-0.05, 0) is 24.8 Å². The lowest BCUT2D eigenvalue weighted by Crippen LogP contribution is -2.25. The van der Waals surface area contributed by atoms with E-state index in [1.165, 1.54) is 0 Å². The molecule has 0 bridgehead atoms. The molecule has 1 aromatic rings. The molecule has 4 heteroatoms. The summed E-state index contributed by atoms with van der Waals surface area (Å²) < 4.78 is 0. The van der Waals surface area contributed by atoms with E-state index in [1.54, 1.807) is 0 Å². The zero-order valence-electron chi connectivity index (χ0n) is 11.3. The number of rotatable bonds is 9. The Morgan fingerprint density at radius 2 is 1.95 bits per heavy atom. The normalized spacial score (nSPS) is 13.7. The van der Waals surface area contributed by atoms with Gasteiger partial charge in [0.05, 0.1) is 0 Å². The fourth-order valence-electron chi connectivity index (χ4n) is 2.38. The third-order valence-corrected chi connectivity index (χ3v) is 3.43. The van der Waals surface area contributed by atoms with Gasteiger partial charge in [-0.25, -0.2) is 0 Å².